The van der Waals surface area contributed by atoms with E-state index in [1.807, 2.05) is 6.07 Å². The van der Waals surface area contributed by atoms with Crippen LogP contribution in [0.4, 0.5) is 0 Å². The lowest BCUT2D eigenvalue weighted by atomic mass is 10.1. The maximum atomic E-state index is 11.2. The highest BCUT2D eigenvalue weighted by Gasteiger charge is 2.11. The maximum Gasteiger partial charge on any atom is 0.339 e. The van der Waals surface area contributed by atoms with Gasteiger partial charge in [-0.05, 0) is 40.8 Å². The first-order chi connectivity index (χ1) is 6.19. The summed E-state index contributed by atoms with van der Waals surface area (Å²) >= 11 is 2.07. The second kappa shape index (κ2) is 4.23. The van der Waals surface area contributed by atoms with Gasteiger partial charge in [0.2, 0.25) is 0 Å². The number of hydrogen-bond acceptors (Lipinski definition) is 3. The second-order valence-corrected chi connectivity index (χ2v) is 3.54. The van der Waals surface area contributed by atoms with Gasteiger partial charge >= 0.3 is 5.97 Å². The Bertz CT molecular complexity index is 382. The number of hydrogen-bond donors (Lipinski definition) is 0. The molecule has 66 valence electrons. The maximum absolute atomic E-state index is 11.2. The van der Waals surface area contributed by atoms with E-state index >= 15 is 0 Å². The fourth-order valence-corrected chi connectivity index (χ4v) is 1.38. The molecular formula is C9H6INO2. The predicted molar refractivity (Wildman–Crippen MR) is 55.2 cm³/mol. The summed E-state index contributed by atoms with van der Waals surface area (Å²) in [5.41, 5.74) is 0.657. The fraction of sp³-hybridized carbons (Fsp3) is 0.111. The minimum atomic E-state index is -0.477. The molecule has 1 aromatic carbocycles. The zero-order valence-electron chi connectivity index (χ0n) is 6.87. The molecule has 0 bridgehead atoms. The van der Waals surface area contributed by atoms with E-state index in [-0.39, 0.29) is 0 Å². The van der Waals surface area contributed by atoms with Crippen LogP contribution >= 0.6 is 22.6 Å². The number of methoxy groups -OCH3 is 1. The Balaban J connectivity index is 3.25. The molecule has 0 aliphatic rings. The van der Waals surface area contributed by atoms with Crippen LogP contribution < -0.4 is 0 Å². The van der Waals surface area contributed by atoms with Crippen molar-refractivity contribution in [1.82, 2.24) is 0 Å². The van der Waals surface area contributed by atoms with E-state index in [0.29, 0.717) is 11.1 Å². The molecule has 0 aliphatic carbocycles. The van der Waals surface area contributed by atoms with Gasteiger partial charge < -0.3 is 4.74 Å². The summed E-state index contributed by atoms with van der Waals surface area (Å²) in [5.74, 6) is -0.477. The van der Waals surface area contributed by atoms with Gasteiger partial charge in [0.05, 0.1) is 18.2 Å². The third kappa shape index (κ3) is 2.18. The van der Waals surface area contributed by atoms with Gasteiger partial charge in [-0.2, -0.15) is 5.26 Å². The Morgan fingerprint density at radius 1 is 1.62 bits per heavy atom. The number of esters is 1. The third-order valence-corrected chi connectivity index (χ3v) is 2.18. The first-order valence-electron chi connectivity index (χ1n) is 3.47. The van der Waals surface area contributed by atoms with E-state index in [2.05, 4.69) is 27.3 Å². The molecule has 0 aliphatic heterocycles. The lowest BCUT2D eigenvalue weighted by Crippen LogP contribution is -2.04. The van der Waals surface area contributed by atoms with Crippen molar-refractivity contribution < 1.29 is 9.53 Å². The van der Waals surface area contributed by atoms with Gasteiger partial charge in [-0.15, -0.1) is 0 Å². The van der Waals surface area contributed by atoms with Gasteiger partial charge in [-0.3, -0.25) is 0 Å². The zero-order chi connectivity index (χ0) is 9.84. The Labute approximate surface area is 89.5 Å². The molecule has 13 heavy (non-hydrogen) atoms. The molecular weight excluding hydrogens is 281 g/mol. The van der Waals surface area contributed by atoms with Crippen LogP contribution in [0.25, 0.3) is 0 Å². The number of nitrogens with zero attached hydrogens (tertiary/aromatic N) is 1. The summed E-state index contributed by atoms with van der Waals surface area (Å²) in [7, 11) is 1.29. The summed E-state index contributed by atoms with van der Waals surface area (Å²) < 4.78 is 5.44. The molecule has 1 aromatic rings. The van der Waals surface area contributed by atoms with E-state index in [1.165, 1.54) is 7.11 Å². The summed E-state index contributed by atoms with van der Waals surface area (Å²) in [6.45, 7) is 0. The predicted octanol–water partition coefficient (Wildman–Crippen LogP) is 1.95. The van der Waals surface area contributed by atoms with Gasteiger partial charge in [-0.1, -0.05) is 0 Å². The summed E-state index contributed by atoms with van der Waals surface area (Å²) in [5, 5.41) is 8.69. The Hall–Kier alpha value is -1.09. The summed E-state index contributed by atoms with van der Waals surface area (Å²) in [6.07, 6.45) is 0. The number of halogens is 1. The number of nitriles is 1. The van der Waals surface area contributed by atoms with Crippen molar-refractivity contribution >= 4 is 28.6 Å². The molecule has 0 saturated carbocycles. The van der Waals surface area contributed by atoms with Crippen molar-refractivity contribution in [2.45, 2.75) is 0 Å². The van der Waals surface area contributed by atoms with Gasteiger partial charge in [0, 0.05) is 3.57 Å². The summed E-state index contributed by atoms with van der Waals surface area (Å²) in [6, 6.07) is 6.94. The fourth-order valence-electron chi connectivity index (χ4n) is 0.893. The van der Waals surface area contributed by atoms with Crippen molar-refractivity contribution in [2.24, 2.45) is 0 Å². The van der Waals surface area contributed by atoms with Crippen LogP contribution in [0.1, 0.15) is 15.9 Å². The Morgan fingerprint density at radius 2 is 2.31 bits per heavy atom. The largest absolute Gasteiger partial charge is 0.465 e. The van der Waals surface area contributed by atoms with Gasteiger partial charge in [-0.25, -0.2) is 4.79 Å². The average Bonchev–Trinajstić information content (AvgIpc) is 2.16. The molecule has 0 saturated heterocycles. The van der Waals surface area contributed by atoms with Crippen LogP contribution in [-0.2, 0) is 4.74 Å². The molecule has 3 nitrogen and oxygen atoms in total. The second-order valence-electron chi connectivity index (χ2n) is 2.29. The summed E-state index contributed by atoms with van der Waals surface area (Å²) in [4.78, 5) is 11.2. The lowest BCUT2D eigenvalue weighted by Gasteiger charge is -2.01. The molecule has 0 N–H and O–H groups in total. The lowest BCUT2D eigenvalue weighted by molar-refractivity contribution is 0.0600. The number of rotatable bonds is 1. The molecule has 0 spiro atoms. The van der Waals surface area contributed by atoms with E-state index in [0.717, 1.165) is 3.57 Å². The van der Waals surface area contributed by atoms with Crippen LogP contribution in [-0.4, -0.2) is 13.1 Å². The highest BCUT2D eigenvalue weighted by atomic mass is 127. The van der Waals surface area contributed by atoms with Gasteiger partial charge in [0.15, 0.2) is 0 Å². The average molecular weight is 287 g/mol. The minimum absolute atomic E-state index is 0.317. The topological polar surface area (TPSA) is 50.1 Å². The quantitative estimate of drug-likeness (QED) is 0.586. The first kappa shape index (κ1) is 9.99. The number of benzene rings is 1. The van der Waals surface area contributed by atoms with Crippen molar-refractivity contribution in [1.29, 1.82) is 5.26 Å². The first-order valence-corrected chi connectivity index (χ1v) is 4.55. The molecule has 0 unspecified atom stereocenters. The highest BCUT2D eigenvalue weighted by molar-refractivity contribution is 14.1. The zero-order valence-corrected chi connectivity index (χ0v) is 9.03. The van der Waals surface area contributed by atoms with Crippen LogP contribution in [0.5, 0.6) is 0 Å². The standard InChI is InChI=1S/C9H6INO2/c1-13-9(12)8-4-7(10)3-2-6(8)5-11/h2-4H,1H3. The third-order valence-electron chi connectivity index (χ3n) is 1.51. The number of ether oxygens (including phenoxy) is 1. The van der Waals surface area contributed by atoms with E-state index in [1.54, 1.807) is 18.2 Å². The molecule has 4 heteroatoms. The SMILES string of the molecule is COC(=O)c1cc(I)ccc1C#N. The highest BCUT2D eigenvalue weighted by Crippen LogP contribution is 2.13. The van der Waals surface area contributed by atoms with Gasteiger partial charge in [0.25, 0.3) is 0 Å². The molecule has 0 radical (unpaired) electrons. The van der Waals surface area contributed by atoms with E-state index in [9.17, 15) is 4.79 Å². The van der Waals surface area contributed by atoms with Crippen LogP contribution in [0.2, 0.25) is 0 Å². The molecule has 0 fully saturated rings. The van der Waals surface area contributed by atoms with E-state index < -0.39 is 5.97 Å². The van der Waals surface area contributed by atoms with Crippen LogP contribution in [0, 0.1) is 14.9 Å². The minimum Gasteiger partial charge on any atom is -0.465 e. The van der Waals surface area contributed by atoms with Gasteiger partial charge in [0.1, 0.15) is 6.07 Å². The molecule has 1 rings (SSSR count). The van der Waals surface area contributed by atoms with Crippen LogP contribution in [0.15, 0.2) is 18.2 Å². The Morgan fingerprint density at radius 3 is 2.85 bits per heavy atom. The van der Waals surface area contributed by atoms with Crippen molar-refractivity contribution in [3.8, 4) is 6.07 Å². The van der Waals surface area contributed by atoms with Crippen molar-refractivity contribution in [3.05, 3.63) is 32.9 Å². The number of carbonyl (C=O) groups excluding carboxylic acids is 1. The molecule has 0 aromatic heterocycles. The molecule has 0 atom stereocenters. The Kier molecular flexibility index (Phi) is 3.25. The van der Waals surface area contributed by atoms with Crippen molar-refractivity contribution in [2.75, 3.05) is 7.11 Å². The normalized spacial score (nSPS) is 9.00. The van der Waals surface area contributed by atoms with E-state index in [4.69, 9.17) is 5.26 Å². The van der Waals surface area contributed by atoms with Crippen LogP contribution in [0.3, 0.4) is 0 Å². The molecule has 0 amide bonds. The van der Waals surface area contributed by atoms with Crippen molar-refractivity contribution in [3.63, 3.8) is 0 Å². The monoisotopic (exact) mass is 287 g/mol. The number of carbonyl (C=O) groups is 1. The molecule has 0 heterocycles. The smallest absolute Gasteiger partial charge is 0.339 e.